The van der Waals surface area contributed by atoms with Crippen molar-refractivity contribution in [1.82, 2.24) is 10.2 Å². The zero-order chi connectivity index (χ0) is 10.1. The number of rotatable bonds is 6. The molecule has 2 rings (SSSR count). The second-order valence-corrected chi connectivity index (χ2v) is 5.43. The van der Waals surface area contributed by atoms with Crippen LogP contribution in [0.2, 0.25) is 0 Å². The van der Waals surface area contributed by atoms with Crippen molar-refractivity contribution in [3.63, 3.8) is 0 Å². The molecule has 3 unspecified atom stereocenters. The maximum atomic E-state index is 3.46. The molecule has 2 fully saturated rings. The third kappa shape index (κ3) is 2.71. The normalized spacial score (nSPS) is 33.4. The first-order valence-corrected chi connectivity index (χ1v) is 6.06. The molecular formula is C12H24N2. The monoisotopic (exact) mass is 196 g/mol. The van der Waals surface area contributed by atoms with Crippen LogP contribution in [-0.4, -0.2) is 38.1 Å². The van der Waals surface area contributed by atoms with E-state index in [4.69, 9.17) is 0 Å². The van der Waals surface area contributed by atoms with E-state index < -0.39 is 0 Å². The highest BCUT2D eigenvalue weighted by Crippen LogP contribution is 2.38. The van der Waals surface area contributed by atoms with Crippen LogP contribution in [0.15, 0.2) is 0 Å². The van der Waals surface area contributed by atoms with Gasteiger partial charge in [0, 0.05) is 19.1 Å². The lowest BCUT2D eigenvalue weighted by Crippen LogP contribution is -2.40. The molecule has 0 heterocycles. The van der Waals surface area contributed by atoms with Crippen LogP contribution in [0, 0.1) is 17.8 Å². The van der Waals surface area contributed by atoms with E-state index in [0.29, 0.717) is 0 Å². The summed E-state index contributed by atoms with van der Waals surface area (Å²) in [4.78, 5) is 2.52. The average Bonchev–Trinajstić information content (AvgIpc) is 3.00. The predicted octanol–water partition coefficient (Wildman–Crippen LogP) is 1.57. The summed E-state index contributed by atoms with van der Waals surface area (Å²) < 4.78 is 0. The molecule has 2 aliphatic rings. The van der Waals surface area contributed by atoms with Crippen molar-refractivity contribution < 1.29 is 0 Å². The molecule has 82 valence electrons. The van der Waals surface area contributed by atoms with Crippen LogP contribution in [0.25, 0.3) is 0 Å². The minimum atomic E-state index is 0.744. The summed E-state index contributed by atoms with van der Waals surface area (Å²) in [6.07, 6.45) is 4.34. The van der Waals surface area contributed by atoms with Crippen LogP contribution in [0.4, 0.5) is 0 Å². The Morgan fingerprint density at radius 1 is 1.43 bits per heavy atom. The molecule has 0 spiro atoms. The van der Waals surface area contributed by atoms with E-state index in [-0.39, 0.29) is 0 Å². The number of nitrogens with one attached hydrogen (secondary N) is 1. The fourth-order valence-electron chi connectivity index (χ4n) is 2.44. The van der Waals surface area contributed by atoms with Gasteiger partial charge in [-0.15, -0.1) is 0 Å². The zero-order valence-electron chi connectivity index (χ0n) is 9.79. The summed E-state index contributed by atoms with van der Waals surface area (Å²) in [6.45, 7) is 4.92. The number of nitrogens with zero attached hydrogens (tertiary/aromatic N) is 1. The molecule has 0 aliphatic heterocycles. The Morgan fingerprint density at radius 3 is 2.50 bits per heavy atom. The van der Waals surface area contributed by atoms with Gasteiger partial charge < -0.3 is 10.2 Å². The van der Waals surface area contributed by atoms with Crippen LogP contribution >= 0.6 is 0 Å². The number of hydrogen-bond acceptors (Lipinski definition) is 2. The summed E-state index contributed by atoms with van der Waals surface area (Å²) in [5, 5.41) is 3.46. The third-order valence-electron chi connectivity index (χ3n) is 3.89. The first-order valence-electron chi connectivity index (χ1n) is 6.06. The molecule has 0 amide bonds. The van der Waals surface area contributed by atoms with Crippen molar-refractivity contribution in [2.45, 2.75) is 32.2 Å². The van der Waals surface area contributed by atoms with Crippen molar-refractivity contribution >= 4 is 0 Å². The summed E-state index contributed by atoms with van der Waals surface area (Å²) >= 11 is 0. The van der Waals surface area contributed by atoms with Crippen LogP contribution < -0.4 is 5.32 Å². The lowest BCUT2D eigenvalue weighted by Gasteiger charge is -2.23. The fraction of sp³-hybridized carbons (Fsp3) is 1.00. The molecule has 1 N–H and O–H groups in total. The molecule has 0 bridgehead atoms. The van der Waals surface area contributed by atoms with Gasteiger partial charge in [0.05, 0.1) is 0 Å². The van der Waals surface area contributed by atoms with Gasteiger partial charge in [-0.05, 0) is 51.1 Å². The molecule has 2 saturated carbocycles. The van der Waals surface area contributed by atoms with E-state index in [0.717, 1.165) is 23.8 Å². The van der Waals surface area contributed by atoms with Crippen molar-refractivity contribution in [2.75, 3.05) is 27.2 Å². The van der Waals surface area contributed by atoms with E-state index in [9.17, 15) is 0 Å². The Balaban J connectivity index is 1.66. The number of likely N-dealkylation sites (N-methyl/N-ethyl adjacent to an activating group) is 2. The first-order chi connectivity index (χ1) is 6.70. The molecule has 0 aromatic heterocycles. The van der Waals surface area contributed by atoms with Crippen LogP contribution in [0.3, 0.4) is 0 Å². The summed E-state index contributed by atoms with van der Waals surface area (Å²) in [7, 11) is 4.38. The van der Waals surface area contributed by atoms with Crippen molar-refractivity contribution in [3.05, 3.63) is 0 Å². The quantitative estimate of drug-likeness (QED) is 0.694. The highest BCUT2D eigenvalue weighted by Gasteiger charge is 2.35. The second-order valence-electron chi connectivity index (χ2n) is 5.43. The summed E-state index contributed by atoms with van der Waals surface area (Å²) in [6, 6.07) is 0.744. The van der Waals surface area contributed by atoms with Gasteiger partial charge in [-0.1, -0.05) is 6.92 Å². The minimum absolute atomic E-state index is 0.744. The summed E-state index contributed by atoms with van der Waals surface area (Å²) in [5.74, 6) is 2.96. The Kier molecular flexibility index (Phi) is 3.13. The van der Waals surface area contributed by atoms with E-state index in [1.54, 1.807) is 0 Å². The Morgan fingerprint density at radius 2 is 2.07 bits per heavy atom. The highest BCUT2D eigenvalue weighted by molar-refractivity contribution is 4.89. The van der Waals surface area contributed by atoms with Gasteiger partial charge in [-0.25, -0.2) is 0 Å². The molecular weight excluding hydrogens is 172 g/mol. The molecule has 14 heavy (non-hydrogen) atoms. The van der Waals surface area contributed by atoms with Crippen molar-refractivity contribution in [3.8, 4) is 0 Å². The van der Waals surface area contributed by atoms with E-state index in [1.807, 2.05) is 0 Å². The van der Waals surface area contributed by atoms with Crippen LogP contribution in [0.1, 0.15) is 26.2 Å². The molecule has 0 aromatic rings. The standard InChI is InChI=1S/C12H24N2/c1-9-6-11(9)7-14(3)8-12(13-2)10-4-5-10/h9-13H,4-8H2,1-3H3. The third-order valence-corrected chi connectivity index (χ3v) is 3.89. The maximum Gasteiger partial charge on any atom is 0.0220 e. The van der Waals surface area contributed by atoms with Gasteiger partial charge in [0.15, 0.2) is 0 Å². The SMILES string of the molecule is CNC(CN(C)CC1CC1C)C1CC1. The average molecular weight is 196 g/mol. The molecule has 2 nitrogen and oxygen atoms in total. The molecule has 0 aromatic carbocycles. The molecule has 0 radical (unpaired) electrons. The maximum absolute atomic E-state index is 3.46. The van der Waals surface area contributed by atoms with Gasteiger partial charge in [0.1, 0.15) is 0 Å². The topological polar surface area (TPSA) is 15.3 Å². The Bertz CT molecular complexity index is 189. The van der Waals surface area contributed by atoms with Crippen LogP contribution in [-0.2, 0) is 0 Å². The largest absolute Gasteiger partial charge is 0.315 e. The molecule has 2 aliphatic carbocycles. The van der Waals surface area contributed by atoms with Gasteiger partial charge in [0.2, 0.25) is 0 Å². The predicted molar refractivity (Wildman–Crippen MR) is 60.3 cm³/mol. The highest BCUT2D eigenvalue weighted by atomic mass is 15.1. The Hall–Kier alpha value is -0.0800. The van der Waals surface area contributed by atoms with Crippen LogP contribution in [0.5, 0.6) is 0 Å². The van der Waals surface area contributed by atoms with E-state index >= 15 is 0 Å². The van der Waals surface area contributed by atoms with Gasteiger partial charge >= 0.3 is 0 Å². The fourth-order valence-corrected chi connectivity index (χ4v) is 2.44. The van der Waals surface area contributed by atoms with E-state index in [2.05, 4.69) is 31.2 Å². The molecule has 2 heteroatoms. The molecule has 0 saturated heterocycles. The molecule has 3 atom stereocenters. The van der Waals surface area contributed by atoms with Crippen molar-refractivity contribution in [1.29, 1.82) is 0 Å². The Labute approximate surface area is 88.1 Å². The van der Waals surface area contributed by atoms with Gasteiger partial charge in [-0.3, -0.25) is 0 Å². The van der Waals surface area contributed by atoms with Crippen molar-refractivity contribution in [2.24, 2.45) is 17.8 Å². The lowest BCUT2D eigenvalue weighted by atomic mass is 10.1. The second kappa shape index (κ2) is 4.19. The van der Waals surface area contributed by atoms with Gasteiger partial charge in [-0.2, -0.15) is 0 Å². The minimum Gasteiger partial charge on any atom is -0.315 e. The first kappa shape index (κ1) is 10.4. The summed E-state index contributed by atoms with van der Waals surface area (Å²) in [5.41, 5.74) is 0. The zero-order valence-corrected chi connectivity index (χ0v) is 9.79. The smallest absolute Gasteiger partial charge is 0.0220 e. The van der Waals surface area contributed by atoms with Gasteiger partial charge in [0.25, 0.3) is 0 Å². The number of hydrogen-bond donors (Lipinski definition) is 1. The lowest BCUT2D eigenvalue weighted by molar-refractivity contribution is 0.268. The van der Waals surface area contributed by atoms with E-state index in [1.165, 1.54) is 32.4 Å².